The number of nitrogens with zero attached hydrogens (tertiary/aromatic N) is 1. The van der Waals surface area contributed by atoms with Crippen LogP contribution in [0.2, 0.25) is 0 Å². The van der Waals surface area contributed by atoms with E-state index in [4.69, 9.17) is 4.42 Å². The zero-order chi connectivity index (χ0) is 32.4. The second kappa shape index (κ2) is 11.1. The molecule has 0 atom stereocenters. The number of benzene rings is 7. The van der Waals surface area contributed by atoms with Gasteiger partial charge >= 0.3 is 0 Å². The minimum absolute atomic E-state index is 0.257. The molecule has 2 heterocycles. The van der Waals surface area contributed by atoms with E-state index in [0.717, 1.165) is 50.1 Å². The molecule has 9 aromatic rings. The van der Waals surface area contributed by atoms with E-state index in [0.29, 0.717) is 17.7 Å². The second-order valence-corrected chi connectivity index (χ2v) is 12.8. The van der Waals surface area contributed by atoms with Gasteiger partial charge in [-0.1, -0.05) is 72.8 Å². The van der Waals surface area contributed by atoms with Crippen molar-refractivity contribution in [2.24, 2.45) is 0 Å². The maximum absolute atomic E-state index is 14.6. The molecule has 0 aliphatic carbocycles. The number of anilines is 3. The van der Waals surface area contributed by atoms with Crippen LogP contribution in [0.5, 0.6) is 0 Å². The van der Waals surface area contributed by atoms with Crippen molar-refractivity contribution >= 4 is 70.5 Å². The number of thiophene rings is 1. The summed E-state index contributed by atoms with van der Waals surface area (Å²) >= 11 is 1.79. The van der Waals surface area contributed by atoms with Gasteiger partial charge in [0, 0.05) is 60.1 Å². The van der Waals surface area contributed by atoms with Gasteiger partial charge in [-0.3, -0.25) is 0 Å². The number of para-hydroxylation sites is 1. The lowest BCUT2D eigenvalue weighted by molar-refractivity contribution is 0.548. The van der Waals surface area contributed by atoms with E-state index in [1.807, 2.05) is 54.6 Å². The number of furan rings is 1. The highest BCUT2D eigenvalue weighted by molar-refractivity contribution is 7.26. The van der Waals surface area contributed by atoms with Gasteiger partial charge in [0.15, 0.2) is 0 Å². The van der Waals surface area contributed by atoms with Gasteiger partial charge in [-0.05, 0) is 77.4 Å². The van der Waals surface area contributed by atoms with Crippen LogP contribution >= 0.6 is 11.3 Å². The first-order valence-corrected chi connectivity index (χ1v) is 16.3. The Morgan fingerprint density at radius 2 is 1.12 bits per heavy atom. The molecule has 0 saturated heterocycles. The minimum Gasteiger partial charge on any atom is -0.456 e. The monoisotopic (exact) mass is 647 g/mol. The number of halogens is 3. The van der Waals surface area contributed by atoms with Crippen LogP contribution < -0.4 is 4.90 Å². The maximum Gasteiger partial charge on any atom is 0.136 e. The summed E-state index contributed by atoms with van der Waals surface area (Å²) in [6.45, 7) is 0. The van der Waals surface area contributed by atoms with Crippen LogP contribution in [-0.2, 0) is 0 Å². The number of fused-ring (bicyclic) bond motifs is 7. The van der Waals surface area contributed by atoms with Gasteiger partial charge < -0.3 is 9.32 Å². The summed E-state index contributed by atoms with van der Waals surface area (Å²) in [7, 11) is 0. The average Bonchev–Trinajstić information content (AvgIpc) is 3.68. The lowest BCUT2D eigenvalue weighted by Gasteiger charge is -2.26. The molecule has 0 amide bonds. The summed E-state index contributed by atoms with van der Waals surface area (Å²) in [4.78, 5) is 2.08. The summed E-state index contributed by atoms with van der Waals surface area (Å²) in [6, 6.07) is 45.5. The topological polar surface area (TPSA) is 16.4 Å². The van der Waals surface area contributed by atoms with E-state index in [2.05, 4.69) is 71.6 Å². The SMILES string of the molecule is Fc1cc(F)c(-c2ccc(N(c3ccccc3)c3ccc(-c4cccc5oc6ccc7c8ccccc8sc7c6c45)cc3)cc2)c(F)c1. The summed E-state index contributed by atoms with van der Waals surface area (Å²) in [6.07, 6.45) is 0. The van der Waals surface area contributed by atoms with Crippen LogP contribution in [0.1, 0.15) is 0 Å². The highest BCUT2D eigenvalue weighted by atomic mass is 32.1. The Labute approximate surface area is 277 Å². The smallest absolute Gasteiger partial charge is 0.136 e. The summed E-state index contributed by atoms with van der Waals surface area (Å²) in [5.74, 6) is -2.83. The summed E-state index contributed by atoms with van der Waals surface area (Å²) < 4.78 is 51.5. The molecule has 0 N–H and O–H groups in total. The first kappa shape index (κ1) is 28.4. The van der Waals surface area contributed by atoms with E-state index in [9.17, 15) is 13.2 Å². The molecule has 2 nitrogen and oxygen atoms in total. The molecule has 6 heteroatoms. The van der Waals surface area contributed by atoms with E-state index >= 15 is 0 Å². The molecule has 0 aliphatic heterocycles. The van der Waals surface area contributed by atoms with Gasteiger partial charge in [0.1, 0.15) is 28.6 Å². The molecule has 0 radical (unpaired) electrons. The fourth-order valence-corrected chi connectivity index (χ4v) is 7.98. The zero-order valence-electron chi connectivity index (χ0n) is 25.3. The molecule has 7 aromatic carbocycles. The lowest BCUT2D eigenvalue weighted by atomic mass is 9.98. The van der Waals surface area contributed by atoms with Gasteiger partial charge in [0.05, 0.1) is 5.56 Å². The predicted octanol–water partition coefficient (Wildman–Crippen LogP) is 13.2. The zero-order valence-corrected chi connectivity index (χ0v) is 26.1. The van der Waals surface area contributed by atoms with Gasteiger partial charge in [-0.25, -0.2) is 13.2 Å². The molecule has 0 aliphatic rings. The molecule has 0 unspecified atom stereocenters. The van der Waals surface area contributed by atoms with Crippen LogP contribution in [0.3, 0.4) is 0 Å². The third kappa shape index (κ3) is 4.56. The third-order valence-electron chi connectivity index (χ3n) is 8.88. The fourth-order valence-electron chi connectivity index (χ4n) is 6.74. The van der Waals surface area contributed by atoms with Gasteiger partial charge in [0.25, 0.3) is 0 Å². The predicted molar refractivity (Wildman–Crippen MR) is 192 cm³/mol. The lowest BCUT2D eigenvalue weighted by Crippen LogP contribution is -2.09. The van der Waals surface area contributed by atoms with E-state index in [1.54, 1.807) is 23.5 Å². The number of hydrogen-bond acceptors (Lipinski definition) is 3. The van der Waals surface area contributed by atoms with E-state index < -0.39 is 17.5 Å². The quantitative estimate of drug-likeness (QED) is 0.185. The summed E-state index contributed by atoms with van der Waals surface area (Å²) in [5.41, 5.74) is 6.55. The Morgan fingerprint density at radius 1 is 0.500 bits per heavy atom. The highest BCUT2D eigenvalue weighted by Crippen LogP contribution is 2.45. The van der Waals surface area contributed by atoms with Crippen molar-refractivity contribution in [3.63, 3.8) is 0 Å². The minimum atomic E-state index is -0.949. The molecule has 9 rings (SSSR count). The van der Waals surface area contributed by atoms with Crippen molar-refractivity contribution in [3.05, 3.63) is 163 Å². The Morgan fingerprint density at radius 3 is 1.85 bits per heavy atom. The standard InChI is InChI=1S/C42H24F3NOS/c43-27-23-34(44)39(35(45)24-27)26-15-19-30(20-16-26)46(28-7-2-1-3-8-28)29-17-13-25(14-18-29)31-10-6-11-36-40(31)41-37(47-36)22-21-33-32-9-4-5-12-38(32)48-42(33)41/h1-24H. The molecule has 0 saturated carbocycles. The van der Waals surface area contributed by atoms with Crippen molar-refractivity contribution in [2.45, 2.75) is 0 Å². The Bertz CT molecular complexity index is 2620. The van der Waals surface area contributed by atoms with Crippen LogP contribution in [-0.4, -0.2) is 0 Å². The van der Waals surface area contributed by atoms with Crippen molar-refractivity contribution < 1.29 is 17.6 Å². The largest absolute Gasteiger partial charge is 0.456 e. The third-order valence-corrected chi connectivity index (χ3v) is 10.1. The maximum atomic E-state index is 14.6. The molecule has 2 aromatic heterocycles. The van der Waals surface area contributed by atoms with E-state index in [-0.39, 0.29) is 5.56 Å². The normalized spacial score (nSPS) is 11.6. The number of rotatable bonds is 5. The van der Waals surface area contributed by atoms with Crippen molar-refractivity contribution in [1.82, 2.24) is 0 Å². The fraction of sp³-hybridized carbons (Fsp3) is 0. The van der Waals surface area contributed by atoms with Crippen molar-refractivity contribution in [2.75, 3.05) is 4.90 Å². The molecular weight excluding hydrogens is 624 g/mol. The summed E-state index contributed by atoms with van der Waals surface area (Å²) in [5, 5.41) is 4.69. The van der Waals surface area contributed by atoms with Crippen molar-refractivity contribution in [3.8, 4) is 22.3 Å². The molecule has 0 fully saturated rings. The molecule has 0 spiro atoms. The van der Waals surface area contributed by atoms with Crippen LogP contribution in [0.15, 0.2) is 150 Å². The molecule has 48 heavy (non-hydrogen) atoms. The van der Waals surface area contributed by atoms with Crippen LogP contribution in [0.4, 0.5) is 30.2 Å². The second-order valence-electron chi connectivity index (χ2n) is 11.7. The Hall–Kier alpha value is -5.85. The van der Waals surface area contributed by atoms with Gasteiger partial charge in [-0.2, -0.15) is 0 Å². The Kier molecular flexibility index (Phi) is 6.59. The highest BCUT2D eigenvalue weighted by Gasteiger charge is 2.19. The van der Waals surface area contributed by atoms with Crippen LogP contribution in [0, 0.1) is 17.5 Å². The van der Waals surface area contributed by atoms with Gasteiger partial charge in [-0.15, -0.1) is 11.3 Å². The van der Waals surface area contributed by atoms with Crippen LogP contribution in [0.25, 0.3) is 64.4 Å². The number of hydrogen-bond donors (Lipinski definition) is 0. The first-order chi connectivity index (χ1) is 23.5. The Balaban J connectivity index is 1.15. The first-order valence-electron chi connectivity index (χ1n) is 15.5. The average molecular weight is 648 g/mol. The van der Waals surface area contributed by atoms with Gasteiger partial charge in [0.2, 0.25) is 0 Å². The van der Waals surface area contributed by atoms with Crippen molar-refractivity contribution in [1.29, 1.82) is 0 Å². The molecular formula is C42H24F3NOS. The molecule has 0 bridgehead atoms. The molecule has 230 valence electrons. The van der Waals surface area contributed by atoms with E-state index in [1.165, 1.54) is 20.2 Å².